The van der Waals surface area contributed by atoms with Gasteiger partial charge in [-0.25, -0.2) is 0 Å². The molecule has 29 heavy (non-hydrogen) atoms. The number of rotatable bonds is 6. The lowest BCUT2D eigenvalue weighted by molar-refractivity contribution is -0.0810. The molecule has 5 atom stereocenters. The molecule has 2 aliphatic heterocycles. The Balaban J connectivity index is 1.09. The molecule has 0 aromatic carbocycles. The maximum atomic E-state index is 6.33. The Kier molecular flexibility index (Phi) is 8.15. The smallest absolute Gasteiger partial charge is 0.0600 e. The lowest BCUT2D eigenvalue weighted by atomic mass is 9.77. The summed E-state index contributed by atoms with van der Waals surface area (Å²) in [5, 5.41) is 0. The van der Waals surface area contributed by atoms with Crippen molar-refractivity contribution in [2.75, 3.05) is 13.2 Å². The van der Waals surface area contributed by atoms with Gasteiger partial charge in [0.2, 0.25) is 0 Å². The second-order valence-electron chi connectivity index (χ2n) is 11.3. The van der Waals surface area contributed by atoms with Crippen LogP contribution in [0.2, 0.25) is 0 Å². The minimum Gasteiger partial charge on any atom is -0.378 e. The van der Waals surface area contributed by atoms with Crippen LogP contribution in [0.4, 0.5) is 0 Å². The highest BCUT2D eigenvalue weighted by Crippen LogP contribution is 2.37. The van der Waals surface area contributed by atoms with E-state index in [1.165, 1.54) is 83.5 Å². The molecule has 4 aliphatic rings. The fraction of sp³-hybridized carbons (Fsp3) is 0.926. The van der Waals surface area contributed by atoms with E-state index in [0.29, 0.717) is 12.2 Å². The highest BCUT2D eigenvalue weighted by molar-refractivity contribution is 5.03. The molecule has 0 N–H and O–H groups in total. The molecule has 2 heteroatoms. The highest BCUT2D eigenvalue weighted by atomic mass is 16.5. The molecule has 5 unspecified atom stereocenters. The van der Waals surface area contributed by atoms with Crippen LogP contribution in [0.5, 0.6) is 0 Å². The van der Waals surface area contributed by atoms with Gasteiger partial charge in [-0.15, -0.1) is 0 Å². The standard InChI is InChI=1S/C27H46O2/c1-20-3-7-22(8-4-20)15-24-11-13-26(28-18-24)17-27-14-12-25(19-29-27)16-23-9-5-21(2)6-10-23/h3,21-27H,4-19H2,1-2H3. The van der Waals surface area contributed by atoms with Crippen molar-refractivity contribution >= 4 is 0 Å². The molecule has 0 amide bonds. The van der Waals surface area contributed by atoms with Gasteiger partial charge in [-0.1, -0.05) is 44.3 Å². The predicted octanol–water partition coefficient (Wildman–Crippen LogP) is 7.32. The van der Waals surface area contributed by atoms with E-state index in [0.717, 1.165) is 49.2 Å². The van der Waals surface area contributed by atoms with Crippen LogP contribution in [0.15, 0.2) is 11.6 Å². The van der Waals surface area contributed by atoms with Crippen LogP contribution in [-0.2, 0) is 9.47 Å². The van der Waals surface area contributed by atoms with Gasteiger partial charge in [0.25, 0.3) is 0 Å². The highest BCUT2D eigenvalue weighted by Gasteiger charge is 2.30. The summed E-state index contributed by atoms with van der Waals surface area (Å²) in [4.78, 5) is 0. The van der Waals surface area contributed by atoms with E-state index in [9.17, 15) is 0 Å². The quantitative estimate of drug-likeness (QED) is 0.433. The van der Waals surface area contributed by atoms with Gasteiger partial charge in [-0.05, 0) is 101 Å². The molecule has 0 aromatic heterocycles. The summed E-state index contributed by atoms with van der Waals surface area (Å²) in [6, 6.07) is 0. The summed E-state index contributed by atoms with van der Waals surface area (Å²) >= 11 is 0. The van der Waals surface area contributed by atoms with E-state index in [4.69, 9.17) is 9.47 Å². The monoisotopic (exact) mass is 402 g/mol. The summed E-state index contributed by atoms with van der Waals surface area (Å²) in [6.07, 6.45) is 22.5. The second kappa shape index (κ2) is 10.8. The van der Waals surface area contributed by atoms with Crippen LogP contribution in [0.1, 0.15) is 104 Å². The van der Waals surface area contributed by atoms with Crippen LogP contribution in [0.25, 0.3) is 0 Å². The minimum atomic E-state index is 0.459. The van der Waals surface area contributed by atoms with E-state index >= 15 is 0 Å². The number of ether oxygens (including phenoxy) is 2. The summed E-state index contributed by atoms with van der Waals surface area (Å²) in [5.74, 6) is 4.50. The molecular weight excluding hydrogens is 356 g/mol. The van der Waals surface area contributed by atoms with Crippen molar-refractivity contribution in [2.24, 2.45) is 29.6 Å². The van der Waals surface area contributed by atoms with Gasteiger partial charge in [-0.3, -0.25) is 0 Å². The van der Waals surface area contributed by atoms with Gasteiger partial charge in [0.05, 0.1) is 12.2 Å². The van der Waals surface area contributed by atoms with Gasteiger partial charge in [0.1, 0.15) is 0 Å². The van der Waals surface area contributed by atoms with Crippen LogP contribution < -0.4 is 0 Å². The van der Waals surface area contributed by atoms with Crippen LogP contribution in [-0.4, -0.2) is 25.4 Å². The fourth-order valence-corrected chi connectivity index (χ4v) is 6.50. The lowest BCUT2D eigenvalue weighted by Crippen LogP contribution is -2.34. The Hall–Kier alpha value is -0.340. The van der Waals surface area contributed by atoms with Crippen molar-refractivity contribution in [3.8, 4) is 0 Å². The van der Waals surface area contributed by atoms with E-state index in [1.54, 1.807) is 5.57 Å². The summed E-state index contributed by atoms with van der Waals surface area (Å²) in [5.41, 5.74) is 1.60. The van der Waals surface area contributed by atoms with Gasteiger partial charge in [0.15, 0.2) is 0 Å². The van der Waals surface area contributed by atoms with Crippen molar-refractivity contribution in [3.63, 3.8) is 0 Å². The molecule has 2 saturated heterocycles. The average Bonchev–Trinajstić information content (AvgIpc) is 2.74. The molecule has 0 spiro atoms. The average molecular weight is 403 g/mol. The van der Waals surface area contributed by atoms with Gasteiger partial charge >= 0.3 is 0 Å². The van der Waals surface area contributed by atoms with E-state index < -0.39 is 0 Å². The topological polar surface area (TPSA) is 18.5 Å². The van der Waals surface area contributed by atoms with Crippen molar-refractivity contribution in [2.45, 2.75) is 116 Å². The van der Waals surface area contributed by atoms with E-state index in [2.05, 4.69) is 19.9 Å². The summed E-state index contributed by atoms with van der Waals surface area (Å²) in [7, 11) is 0. The Labute approximate surface area is 180 Å². The van der Waals surface area contributed by atoms with Crippen LogP contribution in [0, 0.1) is 29.6 Å². The molecule has 2 nitrogen and oxygen atoms in total. The second-order valence-corrected chi connectivity index (χ2v) is 11.3. The first-order valence-corrected chi connectivity index (χ1v) is 13.0. The molecule has 166 valence electrons. The van der Waals surface area contributed by atoms with Crippen LogP contribution in [0.3, 0.4) is 0 Å². The SMILES string of the molecule is CC1=CCC(CC2CCC(CC3CCC(CC4CCC(C)CC4)CO3)OC2)CC1. The molecule has 0 aromatic rings. The molecule has 0 bridgehead atoms. The number of hydrogen-bond donors (Lipinski definition) is 0. The van der Waals surface area contributed by atoms with Crippen molar-refractivity contribution < 1.29 is 9.47 Å². The minimum absolute atomic E-state index is 0.459. The van der Waals surface area contributed by atoms with Gasteiger partial charge in [-0.2, -0.15) is 0 Å². The van der Waals surface area contributed by atoms with Crippen molar-refractivity contribution in [3.05, 3.63) is 11.6 Å². The molecule has 4 rings (SSSR count). The third kappa shape index (κ3) is 6.82. The summed E-state index contributed by atoms with van der Waals surface area (Å²) < 4.78 is 12.6. The first-order chi connectivity index (χ1) is 14.1. The maximum absolute atomic E-state index is 6.33. The Morgan fingerprint density at radius 1 is 0.690 bits per heavy atom. The molecule has 1 saturated carbocycles. The predicted molar refractivity (Wildman–Crippen MR) is 121 cm³/mol. The Morgan fingerprint density at radius 3 is 1.79 bits per heavy atom. The van der Waals surface area contributed by atoms with Gasteiger partial charge in [0, 0.05) is 13.2 Å². The zero-order chi connectivity index (χ0) is 20.1. The maximum Gasteiger partial charge on any atom is 0.0600 e. The zero-order valence-corrected chi connectivity index (χ0v) is 19.2. The number of hydrogen-bond acceptors (Lipinski definition) is 2. The lowest BCUT2D eigenvalue weighted by Gasteiger charge is -2.36. The molecule has 0 radical (unpaired) electrons. The third-order valence-electron chi connectivity index (χ3n) is 8.67. The Morgan fingerprint density at radius 2 is 1.28 bits per heavy atom. The first kappa shape index (κ1) is 21.9. The van der Waals surface area contributed by atoms with Crippen LogP contribution >= 0.6 is 0 Å². The van der Waals surface area contributed by atoms with E-state index in [-0.39, 0.29) is 0 Å². The fourth-order valence-electron chi connectivity index (χ4n) is 6.50. The summed E-state index contributed by atoms with van der Waals surface area (Å²) in [6.45, 7) is 6.73. The van der Waals surface area contributed by atoms with Crippen molar-refractivity contribution in [1.29, 1.82) is 0 Å². The zero-order valence-electron chi connectivity index (χ0n) is 19.2. The van der Waals surface area contributed by atoms with Gasteiger partial charge < -0.3 is 9.47 Å². The molecular formula is C27H46O2. The number of allylic oxidation sites excluding steroid dienone is 2. The largest absolute Gasteiger partial charge is 0.378 e. The normalized spacial score (nSPS) is 41.7. The molecule has 2 heterocycles. The molecule has 3 fully saturated rings. The van der Waals surface area contributed by atoms with E-state index in [1.807, 2.05) is 0 Å². The third-order valence-corrected chi connectivity index (χ3v) is 8.67. The van der Waals surface area contributed by atoms with Crippen molar-refractivity contribution in [1.82, 2.24) is 0 Å². The first-order valence-electron chi connectivity index (χ1n) is 13.0. The Bertz CT molecular complexity index is 503. The molecule has 2 aliphatic carbocycles.